The average molecular weight is 284 g/mol. The number of ether oxygens (including phenoxy) is 1. The zero-order valence-electron chi connectivity index (χ0n) is 9.79. The highest BCUT2D eigenvalue weighted by molar-refractivity contribution is 7.14. The minimum Gasteiger partial charge on any atom is -0.479 e. The van der Waals surface area contributed by atoms with Gasteiger partial charge in [0.15, 0.2) is 6.10 Å². The van der Waals surface area contributed by atoms with E-state index in [1.165, 1.54) is 17.4 Å². The first kappa shape index (κ1) is 13.5. The van der Waals surface area contributed by atoms with E-state index in [1.54, 1.807) is 5.38 Å². The molecular weight excluding hydrogens is 272 g/mol. The predicted octanol–water partition coefficient (Wildman–Crippen LogP) is 0.418. The molecule has 102 valence electrons. The van der Waals surface area contributed by atoms with Crippen molar-refractivity contribution in [1.29, 1.82) is 0 Å². The van der Waals surface area contributed by atoms with Crippen LogP contribution in [-0.2, 0) is 14.3 Å². The lowest BCUT2D eigenvalue weighted by Gasteiger charge is -2.11. The summed E-state index contributed by atoms with van der Waals surface area (Å²) in [6.07, 6.45) is -1.14. The van der Waals surface area contributed by atoms with Crippen LogP contribution in [0.15, 0.2) is 11.4 Å². The number of primary amides is 1. The van der Waals surface area contributed by atoms with Crippen LogP contribution >= 0.6 is 11.3 Å². The quantitative estimate of drug-likeness (QED) is 0.740. The Balaban J connectivity index is 2.00. The van der Waals surface area contributed by atoms with Crippen molar-refractivity contribution in [2.75, 3.05) is 5.32 Å². The fourth-order valence-electron chi connectivity index (χ4n) is 1.80. The van der Waals surface area contributed by atoms with Gasteiger partial charge in [-0.2, -0.15) is 0 Å². The maximum Gasteiger partial charge on any atom is 0.332 e. The molecule has 19 heavy (non-hydrogen) atoms. The number of hydrogen-bond acceptors (Lipinski definition) is 5. The lowest BCUT2D eigenvalue weighted by atomic mass is 10.2. The standard InChI is InChI=1S/C11H12N2O5S/c12-8(14)5-3-4-19-10(5)13-9(15)6-1-2-7(18-6)11(16)17/h3-4,6-7H,1-2H2,(H2,12,14)(H,13,15)(H,16,17). The molecule has 1 aliphatic heterocycles. The number of carbonyl (C=O) groups is 3. The number of amides is 2. The Bertz CT molecular complexity index is 527. The molecule has 4 N–H and O–H groups in total. The highest BCUT2D eigenvalue weighted by atomic mass is 32.1. The Labute approximate surface area is 112 Å². The zero-order valence-corrected chi connectivity index (χ0v) is 10.6. The summed E-state index contributed by atoms with van der Waals surface area (Å²) < 4.78 is 5.11. The Kier molecular flexibility index (Phi) is 3.82. The third-order valence-corrected chi connectivity index (χ3v) is 3.58. The van der Waals surface area contributed by atoms with Gasteiger partial charge in [-0.1, -0.05) is 0 Å². The van der Waals surface area contributed by atoms with E-state index in [0.29, 0.717) is 17.8 Å². The molecule has 8 heteroatoms. The van der Waals surface area contributed by atoms with Gasteiger partial charge in [-0.3, -0.25) is 9.59 Å². The lowest BCUT2D eigenvalue weighted by molar-refractivity contribution is -0.150. The van der Waals surface area contributed by atoms with Crippen LogP contribution in [0.5, 0.6) is 0 Å². The molecule has 1 aromatic rings. The Morgan fingerprint density at radius 3 is 2.63 bits per heavy atom. The summed E-state index contributed by atoms with van der Waals surface area (Å²) in [4.78, 5) is 33.7. The number of carboxylic acid groups (broad SMARTS) is 1. The summed E-state index contributed by atoms with van der Waals surface area (Å²) >= 11 is 1.17. The molecule has 0 aliphatic carbocycles. The molecule has 0 bridgehead atoms. The summed E-state index contributed by atoms with van der Waals surface area (Å²) in [7, 11) is 0. The van der Waals surface area contributed by atoms with E-state index >= 15 is 0 Å². The number of aliphatic carboxylic acids is 1. The largest absolute Gasteiger partial charge is 0.479 e. The van der Waals surface area contributed by atoms with E-state index in [-0.39, 0.29) is 5.56 Å². The molecule has 7 nitrogen and oxygen atoms in total. The van der Waals surface area contributed by atoms with Gasteiger partial charge in [0.2, 0.25) is 0 Å². The number of nitrogens with one attached hydrogen (secondary N) is 1. The van der Waals surface area contributed by atoms with Gasteiger partial charge in [-0.05, 0) is 24.3 Å². The molecule has 0 spiro atoms. The smallest absolute Gasteiger partial charge is 0.332 e. The minimum absolute atomic E-state index is 0.228. The van der Waals surface area contributed by atoms with Gasteiger partial charge in [0.1, 0.15) is 11.1 Å². The van der Waals surface area contributed by atoms with Crippen LogP contribution in [0.4, 0.5) is 5.00 Å². The molecule has 2 amide bonds. The van der Waals surface area contributed by atoms with Crippen LogP contribution in [0.1, 0.15) is 23.2 Å². The van der Waals surface area contributed by atoms with Gasteiger partial charge in [-0.25, -0.2) is 4.79 Å². The van der Waals surface area contributed by atoms with Crippen LogP contribution in [-0.4, -0.2) is 35.1 Å². The van der Waals surface area contributed by atoms with Gasteiger partial charge in [0, 0.05) is 0 Å². The number of thiophene rings is 1. The first-order valence-corrected chi connectivity index (χ1v) is 6.43. The molecule has 2 unspecified atom stereocenters. The first-order chi connectivity index (χ1) is 8.99. The van der Waals surface area contributed by atoms with Crippen molar-refractivity contribution < 1.29 is 24.2 Å². The normalized spacial score (nSPS) is 22.1. The zero-order chi connectivity index (χ0) is 14.0. The van der Waals surface area contributed by atoms with Crippen LogP contribution in [0, 0.1) is 0 Å². The van der Waals surface area contributed by atoms with Gasteiger partial charge >= 0.3 is 5.97 Å². The molecule has 1 fully saturated rings. The fourth-order valence-corrected chi connectivity index (χ4v) is 2.60. The minimum atomic E-state index is -1.08. The van der Waals surface area contributed by atoms with Gasteiger partial charge in [0.05, 0.1) is 5.56 Å². The lowest BCUT2D eigenvalue weighted by Crippen LogP contribution is -2.30. The van der Waals surface area contributed by atoms with Crippen molar-refractivity contribution in [2.24, 2.45) is 5.73 Å². The van der Waals surface area contributed by atoms with E-state index in [0.717, 1.165) is 0 Å². The molecule has 2 heterocycles. The van der Waals surface area contributed by atoms with Crippen LogP contribution in [0.25, 0.3) is 0 Å². The Morgan fingerprint density at radius 2 is 2.05 bits per heavy atom. The molecule has 1 aliphatic rings. The van der Waals surface area contributed by atoms with E-state index in [9.17, 15) is 14.4 Å². The topological polar surface area (TPSA) is 119 Å². The van der Waals surface area contributed by atoms with E-state index < -0.39 is 30.0 Å². The number of nitrogens with two attached hydrogens (primary N) is 1. The second-order valence-corrected chi connectivity index (χ2v) is 4.96. The van der Waals surface area contributed by atoms with Gasteiger partial charge in [-0.15, -0.1) is 11.3 Å². The number of anilines is 1. The molecule has 1 aromatic heterocycles. The van der Waals surface area contributed by atoms with Crippen LogP contribution < -0.4 is 11.1 Å². The summed E-state index contributed by atoms with van der Waals surface area (Å²) in [5.74, 6) is -2.18. The third kappa shape index (κ3) is 2.91. The predicted molar refractivity (Wildman–Crippen MR) is 67.0 cm³/mol. The van der Waals surface area contributed by atoms with Crippen molar-refractivity contribution in [3.8, 4) is 0 Å². The number of rotatable bonds is 4. The summed E-state index contributed by atoms with van der Waals surface area (Å²) in [5, 5.41) is 13.3. The summed E-state index contributed by atoms with van der Waals surface area (Å²) in [6, 6.07) is 1.51. The molecule has 2 atom stereocenters. The van der Waals surface area contributed by atoms with Crippen LogP contribution in [0.3, 0.4) is 0 Å². The summed E-state index contributed by atoms with van der Waals surface area (Å²) in [5.41, 5.74) is 5.39. The number of carboxylic acids is 1. The Hall–Kier alpha value is -1.93. The average Bonchev–Trinajstić information content (AvgIpc) is 2.96. The third-order valence-electron chi connectivity index (χ3n) is 2.75. The second-order valence-electron chi connectivity index (χ2n) is 4.05. The van der Waals surface area contributed by atoms with Crippen LogP contribution in [0.2, 0.25) is 0 Å². The molecule has 0 radical (unpaired) electrons. The van der Waals surface area contributed by atoms with Crippen molar-refractivity contribution >= 4 is 34.1 Å². The van der Waals surface area contributed by atoms with E-state index in [1.807, 2.05) is 0 Å². The molecular formula is C11H12N2O5S. The first-order valence-electron chi connectivity index (χ1n) is 5.55. The molecule has 2 rings (SSSR count). The van der Waals surface area contributed by atoms with E-state index in [4.69, 9.17) is 15.6 Å². The van der Waals surface area contributed by atoms with Gasteiger partial charge in [0.25, 0.3) is 11.8 Å². The maximum atomic E-state index is 11.9. The fraction of sp³-hybridized carbons (Fsp3) is 0.364. The highest BCUT2D eigenvalue weighted by Gasteiger charge is 2.35. The maximum absolute atomic E-state index is 11.9. The summed E-state index contributed by atoms with van der Waals surface area (Å²) in [6.45, 7) is 0. The Morgan fingerprint density at radius 1 is 1.37 bits per heavy atom. The number of carbonyl (C=O) groups excluding carboxylic acids is 2. The van der Waals surface area contributed by atoms with Crippen molar-refractivity contribution in [3.05, 3.63) is 17.0 Å². The second kappa shape index (κ2) is 5.37. The highest BCUT2D eigenvalue weighted by Crippen LogP contribution is 2.25. The monoisotopic (exact) mass is 284 g/mol. The van der Waals surface area contributed by atoms with E-state index in [2.05, 4.69) is 5.32 Å². The van der Waals surface area contributed by atoms with Gasteiger partial charge < -0.3 is 20.9 Å². The molecule has 1 saturated heterocycles. The SMILES string of the molecule is NC(=O)c1ccsc1NC(=O)C1CCC(C(=O)O)O1. The number of hydrogen-bond donors (Lipinski definition) is 3. The molecule has 0 aromatic carbocycles. The molecule has 0 saturated carbocycles. The van der Waals surface area contributed by atoms with Crippen molar-refractivity contribution in [3.63, 3.8) is 0 Å². The van der Waals surface area contributed by atoms with Crippen molar-refractivity contribution in [2.45, 2.75) is 25.0 Å². The van der Waals surface area contributed by atoms with Crippen molar-refractivity contribution in [1.82, 2.24) is 0 Å².